The average molecular weight is 378 g/mol. The lowest BCUT2D eigenvalue weighted by Gasteiger charge is -2.17. The van der Waals surface area contributed by atoms with Crippen LogP contribution in [0.3, 0.4) is 0 Å². The molecule has 0 N–H and O–H groups in total. The van der Waals surface area contributed by atoms with E-state index in [1.807, 2.05) is 29.6 Å². The minimum Gasteiger partial charge on any atom is -0.481 e. The Hall–Kier alpha value is -1.77. The lowest BCUT2D eigenvalue weighted by molar-refractivity contribution is -0.118. The van der Waals surface area contributed by atoms with Crippen molar-refractivity contribution >= 4 is 38.9 Å². The van der Waals surface area contributed by atoms with E-state index in [2.05, 4.69) is 27.9 Å². The number of hydrogen-bond donors (Lipinski definition) is 0. The van der Waals surface area contributed by atoms with Crippen molar-refractivity contribution in [2.24, 2.45) is 0 Å². The van der Waals surface area contributed by atoms with Crippen LogP contribution < -0.4 is 9.64 Å². The monoisotopic (exact) mass is 377 g/mol. The molecule has 0 aliphatic rings. The van der Waals surface area contributed by atoms with Crippen molar-refractivity contribution in [3.8, 4) is 18.1 Å². The van der Waals surface area contributed by atoms with Gasteiger partial charge in [-0.25, -0.2) is 0 Å². The molecule has 0 aliphatic heterocycles. The largest absolute Gasteiger partial charge is 0.481 e. The number of carbonyl (C=O) groups excluding carboxylic acids is 1. The van der Waals surface area contributed by atoms with E-state index in [1.165, 1.54) is 4.88 Å². The van der Waals surface area contributed by atoms with Crippen molar-refractivity contribution in [2.45, 2.75) is 12.8 Å². The predicted octanol–water partition coefficient (Wildman–Crippen LogP) is 4.12. The fraction of sp³-hybridized carbons (Fsp3) is 0.235. The molecule has 0 atom stereocenters. The van der Waals surface area contributed by atoms with Gasteiger partial charge in [-0.15, -0.1) is 17.8 Å². The fourth-order valence-electron chi connectivity index (χ4n) is 1.92. The van der Waals surface area contributed by atoms with Crippen LogP contribution in [-0.4, -0.2) is 19.6 Å². The Labute approximate surface area is 143 Å². The summed E-state index contributed by atoms with van der Waals surface area (Å²) >= 11 is 5.08. The molecule has 1 amide bonds. The minimum atomic E-state index is 0.0850. The first-order valence-corrected chi connectivity index (χ1v) is 8.43. The van der Waals surface area contributed by atoms with Crippen LogP contribution in [0.1, 0.15) is 11.3 Å². The Morgan fingerprint density at radius 2 is 2.14 bits per heavy atom. The molecule has 2 aromatic rings. The third-order valence-electron chi connectivity index (χ3n) is 3.13. The highest BCUT2D eigenvalue weighted by Gasteiger charge is 2.11. The second-order valence-electron chi connectivity index (χ2n) is 4.67. The molecular weight excluding hydrogens is 362 g/mol. The first-order chi connectivity index (χ1) is 10.6. The summed E-state index contributed by atoms with van der Waals surface area (Å²) in [6.07, 6.45) is 6.38. The van der Waals surface area contributed by atoms with Crippen LogP contribution >= 0.6 is 27.3 Å². The highest BCUT2D eigenvalue weighted by atomic mass is 79.9. The van der Waals surface area contributed by atoms with Gasteiger partial charge in [-0.1, -0.05) is 5.92 Å². The first kappa shape index (κ1) is 16.6. The van der Waals surface area contributed by atoms with Crippen LogP contribution in [0.4, 0.5) is 5.69 Å². The number of anilines is 1. The quantitative estimate of drug-likeness (QED) is 0.708. The zero-order chi connectivity index (χ0) is 15.9. The van der Waals surface area contributed by atoms with E-state index in [9.17, 15) is 4.79 Å². The summed E-state index contributed by atoms with van der Waals surface area (Å²) < 4.78 is 6.38. The second-order valence-corrected chi connectivity index (χ2v) is 6.58. The van der Waals surface area contributed by atoms with Crippen molar-refractivity contribution in [1.29, 1.82) is 0 Å². The number of thiophene rings is 1. The van der Waals surface area contributed by atoms with Gasteiger partial charge in [0.05, 0.1) is 0 Å². The smallest absolute Gasteiger partial charge is 0.227 e. The minimum absolute atomic E-state index is 0.0850. The number of terminal acetylenes is 1. The van der Waals surface area contributed by atoms with Gasteiger partial charge in [-0.2, -0.15) is 0 Å². The number of ether oxygens (including phenoxy) is 1. The molecule has 22 heavy (non-hydrogen) atoms. The van der Waals surface area contributed by atoms with E-state index in [-0.39, 0.29) is 12.5 Å². The zero-order valence-corrected chi connectivity index (χ0v) is 14.6. The van der Waals surface area contributed by atoms with Crippen molar-refractivity contribution in [2.75, 3.05) is 18.6 Å². The van der Waals surface area contributed by atoms with E-state index >= 15 is 0 Å². The van der Waals surface area contributed by atoms with Crippen LogP contribution in [0.5, 0.6) is 5.75 Å². The topological polar surface area (TPSA) is 29.5 Å². The molecule has 5 heteroatoms. The maximum absolute atomic E-state index is 12.2. The summed E-state index contributed by atoms with van der Waals surface area (Å²) in [6.45, 7) is 0.241. The predicted molar refractivity (Wildman–Crippen MR) is 94.5 cm³/mol. The van der Waals surface area contributed by atoms with E-state index in [0.717, 1.165) is 16.6 Å². The molecule has 1 heterocycles. The molecule has 0 radical (unpaired) electrons. The lowest BCUT2D eigenvalue weighted by Crippen LogP contribution is -2.26. The summed E-state index contributed by atoms with van der Waals surface area (Å²) in [6, 6.07) is 9.38. The third kappa shape index (κ3) is 4.62. The SMILES string of the molecule is C#CCOc1ccc(N(C)C(=O)CCc2cc(Br)cs2)cc1. The van der Waals surface area contributed by atoms with Crippen LogP contribution in [0, 0.1) is 12.3 Å². The maximum Gasteiger partial charge on any atom is 0.227 e. The number of carbonyl (C=O) groups is 1. The lowest BCUT2D eigenvalue weighted by atomic mass is 10.2. The Morgan fingerprint density at radius 1 is 1.41 bits per heavy atom. The van der Waals surface area contributed by atoms with Crippen molar-refractivity contribution < 1.29 is 9.53 Å². The summed E-state index contributed by atoms with van der Waals surface area (Å²) in [4.78, 5) is 15.1. The van der Waals surface area contributed by atoms with Crippen molar-refractivity contribution in [3.63, 3.8) is 0 Å². The van der Waals surface area contributed by atoms with E-state index < -0.39 is 0 Å². The second kappa shape index (κ2) is 8.02. The highest BCUT2D eigenvalue weighted by molar-refractivity contribution is 9.10. The van der Waals surface area contributed by atoms with Gasteiger partial charge in [0.15, 0.2) is 0 Å². The summed E-state index contributed by atoms with van der Waals surface area (Å²) in [7, 11) is 1.78. The Morgan fingerprint density at radius 3 is 2.73 bits per heavy atom. The molecule has 2 rings (SSSR count). The molecule has 0 bridgehead atoms. The first-order valence-electron chi connectivity index (χ1n) is 6.76. The standard InChI is InChI=1S/C17H16BrNO2S/c1-3-10-21-15-6-4-14(5-7-15)19(2)17(20)9-8-16-11-13(18)12-22-16/h1,4-7,11-12H,8-10H2,2H3. The van der Waals surface area contributed by atoms with Crippen LogP contribution in [0.25, 0.3) is 0 Å². The molecular formula is C17H16BrNO2S. The van der Waals surface area contributed by atoms with Crippen LogP contribution in [-0.2, 0) is 11.2 Å². The molecule has 1 aromatic carbocycles. The van der Waals surface area contributed by atoms with Crippen molar-refractivity contribution in [1.82, 2.24) is 0 Å². The molecule has 1 aromatic heterocycles. The van der Waals surface area contributed by atoms with Gasteiger partial charge in [-0.3, -0.25) is 4.79 Å². The molecule has 0 spiro atoms. The van der Waals surface area contributed by atoms with Gasteiger partial charge in [0.25, 0.3) is 0 Å². The highest BCUT2D eigenvalue weighted by Crippen LogP contribution is 2.22. The number of benzene rings is 1. The van der Waals surface area contributed by atoms with Crippen LogP contribution in [0.2, 0.25) is 0 Å². The summed E-state index contributed by atoms with van der Waals surface area (Å²) in [5, 5.41) is 2.03. The number of hydrogen-bond acceptors (Lipinski definition) is 3. The summed E-state index contributed by atoms with van der Waals surface area (Å²) in [5.74, 6) is 3.20. The van der Waals surface area contributed by atoms with Crippen molar-refractivity contribution in [3.05, 3.63) is 45.1 Å². The third-order valence-corrected chi connectivity index (χ3v) is 4.88. The van der Waals surface area contributed by atoms with Gasteiger partial charge in [0, 0.05) is 33.9 Å². The Kier molecular flexibility index (Phi) is 6.05. The molecule has 114 valence electrons. The number of aryl methyl sites for hydroxylation is 1. The van der Waals surface area contributed by atoms with Gasteiger partial charge < -0.3 is 9.64 Å². The van der Waals surface area contributed by atoms with Gasteiger partial charge in [0.2, 0.25) is 5.91 Å². The normalized spacial score (nSPS) is 10.0. The number of amides is 1. The maximum atomic E-state index is 12.2. The zero-order valence-electron chi connectivity index (χ0n) is 12.2. The van der Waals surface area contributed by atoms with Gasteiger partial charge in [-0.05, 0) is 52.7 Å². The van der Waals surface area contributed by atoms with Gasteiger partial charge >= 0.3 is 0 Å². The molecule has 0 saturated carbocycles. The average Bonchev–Trinajstić information content (AvgIpc) is 2.96. The van der Waals surface area contributed by atoms with Crippen LogP contribution in [0.15, 0.2) is 40.2 Å². The summed E-state index contributed by atoms with van der Waals surface area (Å²) in [5.41, 5.74) is 0.838. The number of rotatable bonds is 6. The van der Waals surface area contributed by atoms with E-state index in [1.54, 1.807) is 23.3 Å². The van der Waals surface area contributed by atoms with Gasteiger partial charge in [0.1, 0.15) is 12.4 Å². The molecule has 0 fully saturated rings. The Bertz CT molecular complexity index is 673. The fourth-order valence-corrected chi connectivity index (χ4v) is 3.37. The molecule has 3 nitrogen and oxygen atoms in total. The van der Waals surface area contributed by atoms with E-state index in [4.69, 9.17) is 11.2 Å². The van der Waals surface area contributed by atoms with E-state index in [0.29, 0.717) is 12.2 Å². The molecule has 0 unspecified atom stereocenters. The molecule has 0 aliphatic carbocycles. The number of nitrogens with zero attached hydrogens (tertiary/aromatic N) is 1. The Balaban J connectivity index is 1.91. The molecule has 0 saturated heterocycles. The number of halogens is 1.